The van der Waals surface area contributed by atoms with Crippen molar-refractivity contribution in [2.75, 3.05) is 38.1 Å². The van der Waals surface area contributed by atoms with Crippen LogP contribution in [0.3, 0.4) is 0 Å². The Hall–Kier alpha value is -1.49. The molecular formula is C16H24IN7S. The molecule has 9 heteroatoms. The van der Waals surface area contributed by atoms with Crippen molar-refractivity contribution in [2.24, 2.45) is 4.99 Å². The Bertz CT molecular complexity index is 668. The lowest BCUT2D eigenvalue weighted by Gasteiger charge is -2.36. The first kappa shape index (κ1) is 19.8. The minimum atomic E-state index is 0. The van der Waals surface area contributed by atoms with Gasteiger partial charge >= 0.3 is 0 Å². The lowest BCUT2D eigenvalue weighted by Crippen LogP contribution is -2.52. The number of guanidine groups is 1. The summed E-state index contributed by atoms with van der Waals surface area (Å²) >= 11 is 1.76. The first-order chi connectivity index (χ1) is 11.8. The molecule has 2 aromatic rings. The highest BCUT2D eigenvalue weighted by molar-refractivity contribution is 14.0. The van der Waals surface area contributed by atoms with Gasteiger partial charge in [0.25, 0.3) is 0 Å². The number of hydrogen-bond acceptors (Lipinski definition) is 6. The Balaban J connectivity index is 0.00000225. The quantitative estimate of drug-likeness (QED) is 0.417. The highest BCUT2D eigenvalue weighted by Crippen LogP contribution is 2.13. The molecule has 0 aliphatic carbocycles. The summed E-state index contributed by atoms with van der Waals surface area (Å²) in [7, 11) is 1.83. The Morgan fingerprint density at radius 1 is 1.20 bits per heavy atom. The SMILES string of the molecule is CCc1cnc(CNC(=NC)N2CCN(c3ncccn3)CC2)s1.I. The van der Waals surface area contributed by atoms with E-state index in [1.54, 1.807) is 23.7 Å². The molecule has 7 nitrogen and oxygen atoms in total. The van der Waals surface area contributed by atoms with Crippen LogP contribution in [-0.2, 0) is 13.0 Å². The largest absolute Gasteiger partial charge is 0.350 e. The molecule has 0 atom stereocenters. The molecular weight excluding hydrogens is 449 g/mol. The Labute approximate surface area is 169 Å². The van der Waals surface area contributed by atoms with Crippen molar-refractivity contribution in [1.29, 1.82) is 0 Å². The third kappa shape index (κ3) is 5.24. The smallest absolute Gasteiger partial charge is 0.225 e. The summed E-state index contributed by atoms with van der Waals surface area (Å²) in [5.74, 6) is 1.73. The maximum absolute atomic E-state index is 4.45. The lowest BCUT2D eigenvalue weighted by atomic mass is 10.3. The molecule has 0 radical (unpaired) electrons. The lowest BCUT2D eigenvalue weighted by molar-refractivity contribution is 0.370. The van der Waals surface area contributed by atoms with Gasteiger partial charge in [-0.3, -0.25) is 4.99 Å². The first-order valence-electron chi connectivity index (χ1n) is 8.21. The second kappa shape index (κ2) is 9.85. The number of thiazole rings is 1. The van der Waals surface area contributed by atoms with Crippen molar-refractivity contribution in [2.45, 2.75) is 19.9 Å². The zero-order valence-corrected chi connectivity index (χ0v) is 17.7. The van der Waals surface area contributed by atoms with Gasteiger partial charge in [0.05, 0.1) is 6.54 Å². The van der Waals surface area contributed by atoms with Crippen molar-refractivity contribution < 1.29 is 0 Å². The molecule has 0 bridgehead atoms. The van der Waals surface area contributed by atoms with Crippen LogP contribution in [0.2, 0.25) is 0 Å². The first-order valence-corrected chi connectivity index (χ1v) is 9.03. The maximum Gasteiger partial charge on any atom is 0.225 e. The minimum absolute atomic E-state index is 0. The number of halogens is 1. The summed E-state index contributed by atoms with van der Waals surface area (Å²) < 4.78 is 0. The average Bonchev–Trinajstić information content (AvgIpc) is 3.12. The van der Waals surface area contributed by atoms with E-state index in [1.165, 1.54) is 4.88 Å². The van der Waals surface area contributed by atoms with E-state index < -0.39 is 0 Å². The molecule has 1 fully saturated rings. The van der Waals surface area contributed by atoms with Crippen molar-refractivity contribution in [1.82, 2.24) is 25.2 Å². The zero-order valence-electron chi connectivity index (χ0n) is 14.6. The molecule has 2 aromatic heterocycles. The summed E-state index contributed by atoms with van der Waals surface area (Å²) in [4.78, 5) is 23.3. The fourth-order valence-electron chi connectivity index (χ4n) is 2.65. The van der Waals surface area contributed by atoms with Crippen LogP contribution in [0.1, 0.15) is 16.8 Å². The highest BCUT2D eigenvalue weighted by atomic mass is 127. The molecule has 0 unspecified atom stereocenters. The second-order valence-corrected chi connectivity index (χ2v) is 6.70. The standard InChI is InChI=1S/C16H23N7S.HI/c1-3-13-11-20-14(24-13)12-21-15(17-2)22-7-9-23(10-8-22)16-18-5-4-6-19-16;/h4-6,11H,3,7-10,12H2,1-2H3,(H,17,21);1H. The van der Waals surface area contributed by atoms with Crippen molar-refractivity contribution in [3.63, 3.8) is 0 Å². The van der Waals surface area contributed by atoms with E-state index in [2.05, 4.69) is 42.0 Å². The van der Waals surface area contributed by atoms with Crippen molar-refractivity contribution in [3.8, 4) is 0 Å². The number of nitrogens with one attached hydrogen (secondary N) is 1. The van der Waals surface area contributed by atoms with Crippen LogP contribution in [-0.4, -0.2) is 59.0 Å². The fourth-order valence-corrected chi connectivity index (χ4v) is 3.46. The summed E-state index contributed by atoms with van der Waals surface area (Å²) in [6.07, 6.45) is 6.57. The number of hydrogen-bond donors (Lipinski definition) is 1. The number of anilines is 1. The van der Waals surface area contributed by atoms with E-state index in [0.29, 0.717) is 0 Å². The number of aromatic nitrogens is 3. The van der Waals surface area contributed by atoms with Crippen LogP contribution in [0.25, 0.3) is 0 Å². The number of aliphatic imine (C=N–C) groups is 1. The average molecular weight is 473 g/mol. The fraction of sp³-hybridized carbons (Fsp3) is 0.500. The third-order valence-electron chi connectivity index (χ3n) is 3.97. The molecule has 1 N–H and O–H groups in total. The van der Waals surface area contributed by atoms with Crippen LogP contribution in [0, 0.1) is 0 Å². The molecule has 3 rings (SSSR count). The van der Waals surface area contributed by atoms with Crippen molar-refractivity contribution in [3.05, 3.63) is 34.5 Å². The predicted molar refractivity (Wildman–Crippen MR) is 113 cm³/mol. The number of rotatable bonds is 4. The van der Waals surface area contributed by atoms with E-state index in [-0.39, 0.29) is 24.0 Å². The topological polar surface area (TPSA) is 69.5 Å². The van der Waals surface area contributed by atoms with Gasteiger partial charge in [-0.05, 0) is 12.5 Å². The molecule has 0 saturated carbocycles. The zero-order chi connectivity index (χ0) is 16.8. The van der Waals surface area contributed by atoms with E-state index in [4.69, 9.17) is 0 Å². The van der Waals surface area contributed by atoms with Crippen LogP contribution < -0.4 is 10.2 Å². The van der Waals surface area contributed by atoms with Crippen LogP contribution in [0.4, 0.5) is 5.95 Å². The molecule has 0 amide bonds. The molecule has 0 aromatic carbocycles. The molecule has 1 saturated heterocycles. The summed E-state index contributed by atoms with van der Waals surface area (Å²) in [6, 6.07) is 1.84. The van der Waals surface area contributed by atoms with Crippen LogP contribution in [0.5, 0.6) is 0 Å². The number of aryl methyl sites for hydroxylation is 1. The van der Waals surface area contributed by atoms with Gasteiger partial charge in [0.15, 0.2) is 5.96 Å². The van der Waals surface area contributed by atoms with Gasteiger partial charge in [0, 0.05) is 56.7 Å². The van der Waals surface area contributed by atoms with Crippen LogP contribution >= 0.6 is 35.3 Å². The molecule has 3 heterocycles. The van der Waals surface area contributed by atoms with E-state index in [0.717, 1.165) is 56.1 Å². The molecule has 1 aliphatic heterocycles. The summed E-state index contributed by atoms with van der Waals surface area (Å²) in [5.41, 5.74) is 0. The van der Waals surface area contributed by atoms with Crippen LogP contribution in [0.15, 0.2) is 29.6 Å². The van der Waals surface area contributed by atoms with E-state index >= 15 is 0 Å². The van der Waals surface area contributed by atoms with Gasteiger partial charge in [-0.15, -0.1) is 35.3 Å². The summed E-state index contributed by atoms with van der Waals surface area (Å²) in [6.45, 7) is 6.45. The number of piperazine rings is 1. The van der Waals surface area contributed by atoms with Gasteiger partial charge < -0.3 is 15.1 Å². The maximum atomic E-state index is 4.45. The molecule has 0 spiro atoms. The van der Waals surface area contributed by atoms with Gasteiger partial charge in [-0.2, -0.15) is 0 Å². The Morgan fingerprint density at radius 2 is 1.92 bits per heavy atom. The molecule has 136 valence electrons. The Kier molecular flexibility index (Phi) is 7.82. The third-order valence-corrected chi connectivity index (χ3v) is 5.12. The number of nitrogens with zero attached hydrogens (tertiary/aromatic N) is 6. The molecule has 25 heavy (non-hydrogen) atoms. The highest BCUT2D eigenvalue weighted by Gasteiger charge is 2.21. The monoisotopic (exact) mass is 473 g/mol. The second-order valence-electron chi connectivity index (χ2n) is 5.50. The van der Waals surface area contributed by atoms with E-state index in [9.17, 15) is 0 Å². The van der Waals surface area contributed by atoms with Gasteiger partial charge in [0.2, 0.25) is 5.95 Å². The predicted octanol–water partition coefficient (Wildman–Crippen LogP) is 2.01. The summed E-state index contributed by atoms with van der Waals surface area (Å²) in [5, 5.41) is 4.52. The Morgan fingerprint density at radius 3 is 2.52 bits per heavy atom. The van der Waals surface area contributed by atoms with Gasteiger partial charge in [-0.25, -0.2) is 15.0 Å². The van der Waals surface area contributed by atoms with Crippen molar-refractivity contribution >= 4 is 47.2 Å². The van der Waals surface area contributed by atoms with Gasteiger partial charge in [-0.1, -0.05) is 6.92 Å². The normalized spacial score (nSPS) is 15.0. The molecule has 1 aliphatic rings. The van der Waals surface area contributed by atoms with E-state index in [1.807, 2.05) is 19.3 Å². The minimum Gasteiger partial charge on any atom is -0.350 e. The van der Waals surface area contributed by atoms with Gasteiger partial charge in [0.1, 0.15) is 5.01 Å².